The number of nitrogens with zero attached hydrogens (tertiary/aromatic N) is 2. The minimum absolute atomic E-state index is 0.152. The van der Waals surface area contributed by atoms with E-state index in [-0.39, 0.29) is 12.3 Å². The van der Waals surface area contributed by atoms with E-state index in [1.807, 2.05) is 19.9 Å². The first-order valence-electron chi connectivity index (χ1n) is 6.00. The molecule has 2 aromatic heterocycles. The summed E-state index contributed by atoms with van der Waals surface area (Å²) < 4.78 is 6.62. The van der Waals surface area contributed by atoms with Crippen molar-refractivity contribution in [3.63, 3.8) is 0 Å². The second kappa shape index (κ2) is 5.13. The van der Waals surface area contributed by atoms with E-state index in [1.165, 1.54) is 0 Å². The predicted molar refractivity (Wildman–Crippen MR) is 68.2 cm³/mol. The number of carbonyl (C=O) groups is 1. The lowest BCUT2D eigenvalue weighted by Gasteiger charge is -2.05. The van der Waals surface area contributed by atoms with Gasteiger partial charge in [-0.3, -0.25) is 9.67 Å². The van der Waals surface area contributed by atoms with Gasteiger partial charge < -0.3 is 9.72 Å². The molecule has 0 atom stereocenters. The van der Waals surface area contributed by atoms with Gasteiger partial charge in [-0.2, -0.15) is 5.10 Å². The molecule has 0 aliphatic rings. The van der Waals surface area contributed by atoms with Crippen molar-refractivity contribution in [1.82, 2.24) is 19.7 Å². The van der Waals surface area contributed by atoms with Crippen LogP contribution in [0.1, 0.15) is 34.5 Å². The molecular formula is C12H16N4O3. The van der Waals surface area contributed by atoms with Crippen molar-refractivity contribution < 1.29 is 9.53 Å². The molecule has 102 valence electrons. The summed E-state index contributed by atoms with van der Waals surface area (Å²) in [5, 5.41) is 4.29. The molecule has 0 aliphatic carbocycles. The Hall–Kier alpha value is -2.31. The van der Waals surface area contributed by atoms with Crippen molar-refractivity contribution in [3.05, 3.63) is 39.3 Å². The third kappa shape index (κ3) is 2.75. The molecule has 0 aliphatic heterocycles. The Kier molecular flexibility index (Phi) is 3.55. The van der Waals surface area contributed by atoms with Gasteiger partial charge in [0.25, 0.3) is 0 Å². The molecule has 0 saturated heterocycles. The standard InChI is InChI=1S/C12H16N4O3/c1-4-19-11(17)10-9(13-12(18)14-10)6-16-8(3)5-7(2)15-16/h5H,4,6H2,1-3H3,(H2,13,14,18). The first-order valence-corrected chi connectivity index (χ1v) is 6.00. The maximum absolute atomic E-state index is 11.7. The highest BCUT2D eigenvalue weighted by atomic mass is 16.5. The van der Waals surface area contributed by atoms with Crippen LogP contribution in [-0.2, 0) is 11.3 Å². The zero-order valence-electron chi connectivity index (χ0n) is 11.1. The normalized spacial score (nSPS) is 10.7. The Balaban J connectivity index is 2.32. The molecule has 2 N–H and O–H groups in total. The highest BCUT2D eigenvalue weighted by Gasteiger charge is 2.17. The molecule has 2 aromatic rings. The topological polar surface area (TPSA) is 92.8 Å². The van der Waals surface area contributed by atoms with Crippen LogP contribution in [0, 0.1) is 13.8 Å². The van der Waals surface area contributed by atoms with Crippen LogP contribution in [-0.4, -0.2) is 32.3 Å². The number of H-pyrrole nitrogens is 2. The molecule has 7 heteroatoms. The highest BCUT2D eigenvalue weighted by Crippen LogP contribution is 2.08. The number of aryl methyl sites for hydroxylation is 2. The Morgan fingerprint density at radius 2 is 2.16 bits per heavy atom. The van der Waals surface area contributed by atoms with Crippen molar-refractivity contribution >= 4 is 5.97 Å². The molecular weight excluding hydrogens is 248 g/mol. The first-order chi connectivity index (χ1) is 9.01. The van der Waals surface area contributed by atoms with E-state index in [0.29, 0.717) is 12.2 Å². The molecule has 0 bridgehead atoms. The Labute approximate surface area is 109 Å². The molecule has 7 nitrogen and oxygen atoms in total. The summed E-state index contributed by atoms with van der Waals surface area (Å²) in [5.74, 6) is -0.544. The zero-order chi connectivity index (χ0) is 14.0. The van der Waals surface area contributed by atoms with E-state index < -0.39 is 11.7 Å². The summed E-state index contributed by atoms with van der Waals surface area (Å²) in [7, 11) is 0. The fourth-order valence-corrected chi connectivity index (χ4v) is 1.90. The quantitative estimate of drug-likeness (QED) is 0.797. The highest BCUT2D eigenvalue weighted by molar-refractivity contribution is 5.88. The van der Waals surface area contributed by atoms with Gasteiger partial charge in [-0.1, -0.05) is 0 Å². The third-order valence-corrected chi connectivity index (χ3v) is 2.70. The average Bonchev–Trinajstić information content (AvgIpc) is 2.83. The molecule has 0 radical (unpaired) electrons. The lowest BCUT2D eigenvalue weighted by Crippen LogP contribution is -2.12. The van der Waals surface area contributed by atoms with Crippen molar-refractivity contribution in [1.29, 1.82) is 0 Å². The van der Waals surface area contributed by atoms with Gasteiger partial charge in [0.05, 0.1) is 24.5 Å². The lowest BCUT2D eigenvalue weighted by molar-refractivity contribution is 0.0518. The molecule has 2 rings (SSSR count). The van der Waals surface area contributed by atoms with Crippen molar-refractivity contribution in [2.45, 2.75) is 27.3 Å². The maximum atomic E-state index is 11.7. The summed E-state index contributed by atoms with van der Waals surface area (Å²) in [6.45, 7) is 6.08. The van der Waals surface area contributed by atoms with Crippen LogP contribution in [0.5, 0.6) is 0 Å². The van der Waals surface area contributed by atoms with E-state index in [4.69, 9.17) is 4.74 Å². The Morgan fingerprint density at radius 3 is 2.74 bits per heavy atom. The number of esters is 1. The number of hydrogen-bond acceptors (Lipinski definition) is 4. The molecule has 2 heterocycles. The molecule has 19 heavy (non-hydrogen) atoms. The van der Waals surface area contributed by atoms with E-state index in [9.17, 15) is 9.59 Å². The summed E-state index contributed by atoms with van der Waals surface area (Å²) in [4.78, 5) is 28.1. The molecule has 0 spiro atoms. The number of hydrogen-bond donors (Lipinski definition) is 2. The minimum Gasteiger partial charge on any atom is -0.461 e. The maximum Gasteiger partial charge on any atom is 0.356 e. The molecule has 0 saturated carbocycles. The van der Waals surface area contributed by atoms with Crippen LogP contribution in [0.3, 0.4) is 0 Å². The van der Waals surface area contributed by atoms with Gasteiger partial charge in [0.15, 0.2) is 5.69 Å². The van der Waals surface area contributed by atoms with Gasteiger partial charge >= 0.3 is 11.7 Å². The van der Waals surface area contributed by atoms with E-state index in [0.717, 1.165) is 11.4 Å². The second-order valence-corrected chi connectivity index (χ2v) is 4.24. The summed E-state index contributed by atoms with van der Waals surface area (Å²) in [6.07, 6.45) is 0. The summed E-state index contributed by atoms with van der Waals surface area (Å²) in [6, 6.07) is 1.93. The first kappa shape index (κ1) is 13.1. The molecule has 0 amide bonds. The van der Waals surface area contributed by atoms with Gasteiger partial charge in [-0.25, -0.2) is 9.59 Å². The van der Waals surface area contributed by atoms with Crippen molar-refractivity contribution in [2.24, 2.45) is 0 Å². The molecule has 0 unspecified atom stereocenters. The van der Waals surface area contributed by atoms with Gasteiger partial charge in [-0.05, 0) is 26.8 Å². The number of imidazole rings is 1. The van der Waals surface area contributed by atoms with E-state index >= 15 is 0 Å². The third-order valence-electron chi connectivity index (χ3n) is 2.70. The number of ether oxygens (including phenoxy) is 1. The van der Waals surface area contributed by atoms with E-state index in [1.54, 1.807) is 11.6 Å². The monoisotopic (exact) mass is 264 g/mol. The zero-order valence-corrected chi connectivity index (χ0v) is 11.1. The predicted octanol–water partition coefficient (Wildman–Crippen LogP) is 0.741. The van der Waals surface area contributed by atoms with Crippen LogP contribution < -0.4 is 5.69 Å². The van der Waals surface area contributed by atoms with Crippen LogP contribution in [0.15, 0.2) is 10.9 Å². The number of rotatable bonds is 4. The summed E-state index contributed by atoms with van der Waals surface area (Å²) in [5.41, 5.74) is 2.02. The van der Waals surface area contributed by atoms with Crippen LogP contribution in [0.2, 0.25) is 0 Å². The van der Waals surface area contributed by atoms with Crippen molar-refractivity contribution in [3.8, 4) is 0 Å². The Bertz CT molecular complexity index is 650. The minimum atomic E-state index is -0.544. The SMILES string of the molecule is CCOC(=O)c1[nH]c(=O)[nH]c1Cn1nc(C)cc1C. The second-order valence-electron chi connectivity index (χ2n) is 4.24. The van der Waals surface area contributed by atoms with Gasteiger partial charge in [0.1, 0.15) is 0 Å². The number of nitrogens with one attached hydrogen (secondary N) is 2. The molecule has 0 fully saturated rings. The number of aromatic amines is 2. The van der Waals surface area contributed by atoms with Crippen molar-refractivity contribution in [2.75, 3.05) is 6.61 Å². The Morgan fingerprint density at radius 1 is 1.42 bits per heavy atom. The van der Waals surface area contributed by atoms with Crippen LogP contribution >= 0.6 is 0 Å². The lowest BCUT2D eigenvalue weighted by atomic mass is 10.3. The van der Waals surface area contributed by atoms with Gasteiger partial charge in [0.2, 0.25) is 0 Å². The fraction of sp³-hybridized carbons (Fsp3) is 0.417. The number of carbonyl (C=O) groups excluding carboxylic acids is 1. The number of aromatic nitrogens is 4. The average molecular weight is 264 g/mol. The molecule has 0 aromatic carbocycles. The van der Waals surface area contributed by atoms with E-state index in [2.05, 4.69) is 15.1 Å². The van der Waals surface area contributed by atoms with Gasteiger partial charge in [0, 0.05) is 5.69 Å². The largest absolute Gasteiger partial charge is 0.461 e. The van der Waals surface area contributed by atoms with Crippen LogP contribution in [0.4, 0.5) is 0 Å². The smallest absolute Gasteiger partial charge is 0.356 e. The van der Waals surface area contributed by atoms with Gasteiger partial charge in [-0.15, -0.1) is 0 Å². The fourth-order valence-electron chi connectivity index (χ4n) is 1.90. The summed E-state index contributed by atoms with van der Waals surface area (Å²) >= 11 is 0. The van der Waals surface area contributed by atoms with Crippen LogP contribution in [0.25, 0.3) is 0 Å².